The summed E-state index contributed by atoms with van der Waals surface area (Å²) in [6.07, 6.45) is -8.48. The lowest BCUT2D eigenvalue weighted by molar-refractivity contribution is -0.168. The number of rotatable bonds is 0. The smallest absolute Gasteiger partial charge is 0.146 e. The van der Waals surface area contributed by atoms with Crippen LogP contribution >= 0.6 is 0 Å². The molecule has 0 radical (unpaired) electrons. The van der Waals surface area contributed by atoms with Crippen molar-refractivity contribution >= 4 is 0 Å². The summed E-state index contributed by atoms with van der Waals surface area (Å²) in [5, 5.41) is 35.9. The molecule has 0 spiro atoms. The van der Waals surface area contributed by atoms with Crippen LogP contribution in [0.25, 0.3) is 0 Å². The van der Waals surface area contributed by atoms with E-state index in [0.29, 0.717) is 0 Å². The van der Waals surface area contributed by atoms with Gasteiger partial charge in [0.05, 0.1) is 6.04 Å². The summed E-state index contributed by atoms with van der Waals surface area (Å²) in [6, 6.07) is -1.36. The van der Waals surface area contributed by atoms with E-state index in [1.807, 2.05) is 0 Å². The summed E-state index contributed by atoms with van der Waals surface area (Å²) in [6.45, 7) is 0. The highest BCUT2D eigenvalue weighted by Crippen LogP contribution is 2.22. The number of nitrogens with two attached hydrogens (primary N) is 1. The van der Waals surface area contributed by atoms with Gasteiger partial charge in [-0.15, -0.1) is 0 Å². The molecule has 0 unspecified atom stereocenters. The number of aliphatic hydroxyl groups excluding tert-OH is 4. The lowest BCUT2D eigenvalue weighted by Crippen LogP contribution is -2.65. The van der Waals surface area contributed by atoms with E-state index in [-0.39, 0.29) is 0 Å². The third-order valence-electron chi connectivity index (χ3n) is 2.14. The molecule has 0 aromatic rings. The Morgan fingerprint density at radius 2 is 1.25 bits per heavy atom. The van der Waals surface area contributed by atoms with E-state index in [4.69, 9.17) is 26.2 Å². The highest BCUT2D eigenvalue weighted by Gasteiger charge is 2.47. The van der Waals surface area contributed by atoms with Gasteiger partial charge < -0.3 is 26.2 Å². The Kier molecular flexibility index (Phi) is 2.64. The molecular formula is C6H12FNO4. The molecule has 5 nitrogen and oxygen atoms in total. The normalized spacial score (nSPS) is 55.5. The second-order valence-electron chi connectivity index (χ2n) is 2.98. The first-order valence-corrected chi connectivity index (χ1v) is 3.58. The van der Waals surface area contributed by atoms with Gasteiger partial charge in [-0.1, -0.05) is 0 Å². The Hall–Kier alpha value is -0.270. The molecule has 6 heteroatoms. The van der Waals surface area contributed by atoms with E-state index in [0.717, 1.165) is 0 Å². The van der Waals surface area contributed by atoms with E-state index in [9.17, 15) is 4.39 Å². The molecule has 72 valence electrons. The van der Waals surface area contributed by atoms with Crippen LogP contribution in [0.3, 0.4) is 0 Å². The average molecular weight is 181 g/mol. The molecule has 12 heavy (non-hydrogen) atoms. The standard InChI is InChI=1S/C6H12FNO4/c7-1-2(8)4(10)6(12)5(11)3(1)9/h1-6,9-12H,8H2/t1-,2+,3+,4+,5+,6+/m0/s1. The zero-order chi connectivity index (χ0) is 9.46. The highest BCUT2D eigenvalue weighted by molar-refractivity contribution is 5.00. The quantitative estimate of drug-likeness (QED) is 0.276. The SMILES string of the molecule is N[C@H]1[C@@H](O)[C@@H](O)[C@H](O)[C@H](O)[C@H]1F. The maximum absolute atomic E-state index is 12.8. The molecule has 0 aliphatic heterocycles. The molecule has 0 aromatic carbocycles. The van der Waals surface area contributed by atoms with Crippen molar-refractivity contribution in [1.29, 1.82) is 0 Å². The van der Waals surface area contributed by atoms with Crippen LogP contribution in [-0.4, -0.2) is 57.1 Å². The molecule has 1 aliphatic carbocycles. The maximum atomic E-state index is 12.8. The monoisotopic (exact) mass is 181 g/mol. The maximum Gasteiger partial charge on any atom is 0.146 e. The van der Waals surface area contributed by atoms with Crippen molar-refractivity contribution in [2.24, 2.45) is 5.73 Å². The Morgan fingerprint density at radius 3 is 1.75 bits per heavy atom. The highest BCUT2D eigenvalue weighted by atomic mass is 19.1. The molecule has 0 saturated heterocycles. The molecule has 1 rings (SSSR count). The van der Waals surface area contributed by atoms with Gasteiger partial charge in [0.25, 0.3) is 0 Å². The lowest BCUT2D eigenvalue weighted by atomic mass is 9.85. The zero-order valence-corrected chi connectivity index (χ0v) is 6.21. The minimum Gasteiger partial charge on any atom is -0.389 e. The van der Waals surface area contributed by atoms with Gasteiger partial charge in [0.1, 0.15) is 30.6 Å². The first-order chi connectivity index (χ1) is 5.46. The summed E-state index contributed by atoms with van der Waals surface area (Å²) in [7, 11) is 0. The number of alkyl halides is 1. The van der Waals surface area contributed by atoms with Crippen molar-refractivity contribution in [1.82, 2.24) is 0 Å². The Bertz CT molecular complexity index is 111. The fourth-order valence-electron chi connectivity index (χ4n) is 1.24. The third-order valence-corrected chi connectivity index (χ3v) is 2.14. The number of hydrogen-bond donors (Lipinski definition) is 5. The average Bonchev–Trinajstić information content (AvgIpc) is 2.08. The third kappa shape index (κ3) is 1.32. The van der Waals surface area contributed by atoms with Crippen LogP contribution in [0.2, 0.25) is 0 Å². The zero-order valence-electron chi connectivity index (χ0n) is 6.21. The Morgan fingerprint density at radius 1 is 0.833 bits per heavy atom. The first kappa shape index (κ1) is 9.82. The van der Waals surface area contributed by atoms with Gasteiger partial charge in [-0.25, -0.2) is 4.39 Å². The van der Waals surface area contributed by atoms with Gasteiger partial charge >= 0.3 is 0 Å². The van der Waals surface area contributed by atoms with E-state index >= 15 is 0 Å². The second-order valence-corrected chi connectivity index (χ2v) is 2.98. The molecule has 0 amide bonds. The van der Waals surface area contributed by atoms with E-state index in [1.54, 1.807) is 0 Å². The largest absolute Gasteiger partial charge is 0.389 e. The van der Waals surface area contributed by atoms with Crippen LogP contribution in [0.15, 0.2) is 0 Å². The predicted molar refractivity (Wildman–Crippen MR) is 36.9 cm³/mol. The summed E-state index contributed by atoms with van der Waals surface area (Å²) in [4.78, 5) is 0. The molecule has 6 N–H and O–H groups in total. The summed E-state index contributed by atoms with van der Waals surface area (Å²) < 4.78 is 12.8. The van der Waals surface area contributed by atoms with Crippen molar-refractivity contribution in [3.05, 3.63) is 0 Å². The molecule has 0 aromatic heterocycles. The van der Waals surface area contributed by atoms with Gasteiger partial charge in [-0.05, 0) is 0 Å². The fourth-order valence-corrected chi connectivity index (χ4v) is 1.24. The lowest BCUT2D eigenvalue weighted by Gasteiger charge is -2.38. The minimum atomic E-state index is -1.92. The van der Waals surface area contributed by atoms with E-state index in [1.165, 1.54) is 0 Å². The molecule has 1 fully saturated rings. The van der Waals surface area contributed by atoms with Gasteiger partial charge in [0.2, 0.25) is 0 Å². The molecule has 6 atom stereocenters. The van der Waals surface area contributed by atoms with Gasteiger partial charge in [-0.3, -0.25) is 0 Å². The summed E-state index contributed by atoms with van der Waals surface area (Å²) >= 11 is 0. The molecule has 0 heterocycles. The Labute approximate surface area is 68.2 Å². The first-order valence-electron chi connectivity index (χ1n) is 3.58. The Balaban J connectivity index is 2.76. The van der Waals surface area contributed by atoms with Crippen molar-refractivity contribution in [3.63, 3.8) is 0 Å². The number of aliphatic hydroxyl groups is 4. The van der Waals surface area contributed by atoms with Crippen LogP contribution < -0.4 is 5.73 Å². The molecule has 1 aliphatic rings. The van der Waals surface area contributed by atoms with Crippen LogP contribution in [0.5, 0.6) is 0 Å². The fraction of sp³-hybridized carbons (Fsp3) is 1.00. The molecular weight excluding hydrogens is 169 g/mol. The van der Waals surface area contributed by atoms with Gasteiger partial charge in [-0.2, -0.15) is 0 Å². The van der Waals surface area contributed by atoms with Gasteiger partial charge in [0, 0.05) is 0 Å². The van der Waals surface area contributed by atoms with Crippen LogP contribution in [-0.2, 0) is 0 Å². The predicted octanol–water partition coefficient (Wildman–Crippen LogP) is -2.89. The van der Waals surface area contributed by atoms with Crippen molar-refractivity contribution in [2.75, 3.05) is 0 Å². The van der Waals surface area contributed by atoms with Crippen LogP contribution in [0, 0.1) is 0 Å². The van der Waals surface area contributed by atoms with Gasteiger partial charge in [0.15, 0.2) is 0 Å². The van der Waals surface area contributed by atoms with E-state index in [2.05, 4.69) is 0 Å². The number of halogens is 1. The summed E-state index contributed by atoms with van der Waals surface area (Å²) in [5.74, 6) is 0. The minimum absolute atomic E-state index is 1.36. The molecule has 0 bridgehead atoms. The number of hydrogen-bond acceptors (Lipinski definition) is 5. The van der Waals surface area contributed by atoms with Crippen LogP contribution in [0.4, 0.5) is 4.39 Å². The molecule has 1 saturated carbocycles. The van der Waals surface area contributed by atoms with Crippen molar-refractivity contribution in [2.45, 2.75) is 36.6 Å². The summed E-state index contributed by atoms with van der Waals surface area (Å²) in [5.41, 5.74) is 5.11. The van der Waals surface area contributed by atoms with Crippen molar-refractivity contribution < 1.29 is 24.8 Å². The van der Waals surface area contributed by atoms with Crippen molar-refractivity contribution in [3.8, 4) is 0 Å². The topological polar surface area (TPSA) is 107 Å². The second kappa shape index (κ2) is 3.23. The van der Waals surface area contributed by atoms with Crippen LogP contribution in [0.1, 0.15) is 0 Å². The van der Waals surface area contributed by atoms with E-state index < -0.39 is 36.6 Å².